The first-order valence-corrected chi connectivity index (χ1v) is 4.71. The van der Waals surface area contributed by atoms with Gasteiger partial charge in [0.1, 0.15) is 5.70 Å². The first-order valence-electron chi connectivity index (χ1n) is 4.71. The van der Waals surface area contributed by atoms with Gasteiger partial charge in [-0.05, 0) is 24.3 Å². The summed E-state index contributed by atoms with van der Waals surface area (Å²) in [5.74, 6) is 1.59. The van der Waals surface area contributed by atoms with Gasteiger partial charge in [0.25, 0.3) is 0 Å². The zero-order valence-electron chi connectivity index (χ0n) is 7.94. The molecule has 3 rings (SSSR count). The van der Waals surface area contributed by atoms with E-state index in [1.165, 1.54) is 0 Å². The standard InChI is InChI=1S/C12H9NO2/c1-2-5-11-9(4-1)8-10(13-15-11)12-6-3-7-14-12/h1-8,13H. The minimum atomic E-state index is 0.768. The maximum absolute atomic E-state index is 5.38. The van der Waals surface area contributed by atoms with Gasteiger partial charge in [0.15, 0.2) is 11.5 Å². The van der Waals surface area contributed by atoms with E-state index in [-0.39, 0.29) is 0 Å². The number of rotatable bonds is 1. The fraction of sp³-hybridized carbons (Fsp3) is 0. The Balaban J connectivity index is 2.06. The summed E-state index contributed by atoms with van der Waals surface area (Å²) in [7, 11) is 0. The molecular formula is C12H9NO2. The van der Waals surface area contributed by atoms with Gasteiger partial charge in [0, 0.05) is 5.56 Å². The lowest BCUT2D eigenvalue weighted by molar-refractivity contribution is 0.246. The molecule has 0 aliphatic carbocycles. The Morgan fingerprint density at radius 1 is 1.00 bits per heavy atom. The lowest BCUT2D eigenvalue weighted by Gasteiger charge is -2.17. The van der Waals surface area contributed by atoms with Gasteiger partial charge in [-0.3, -0.25) is 0 Å². The molecule has 0 fully saturated rings. The minimum absolute atomic E-state index is 0.768. The highest BCUT2D eigenvalue weighted by Crippen LogP contribution is 2.27. The highest BCUT2D eigenvalue weighted by Gasteiger charge is 2.13. The van der Waals surface area contributed by atoms with E-state index in [1.54, 1.807) is 6.26 Å². The average Bonchev–Trinajstić information content (AvgIpc) is 2.82. The summed E-state index contributed by atoms with van der Waals surface area (Å²) in [6.45, 7) is 0. The van der Waals surface area contributed by atoms with Crippen molar-refractivity contribution in [2.24, 2.45) is 0 Å². The normalized spacial score (nSPS) is 13.5. The lowest BCUT2D eigenvalue weighted by Crippen LogP contribution is -2.20. The maximum atomic E-state index is 5.38. The summed E-state index contributed by atoms with van der Waals surface area (Å²) in [4.78, 5) is 5.38. The van der Waals surface area contributed by atoms with Crippen LogP contribution in [0.3, 0.4) is 0 Å². The van der Waals surface area contributed by atoms with Crippen LogP contribution in [-0.4, -0.2) is 0 Å². The Kier molecular flexibility index (Phi) is 1.75. The number of fused-ring (bicyclic) bond motifs is 1. The van der Waals surface area contributed by atoms with Crippen molar-refractivity contribution in [2.45, 2.75) is 0 Å². The first-order chi connectivity index (χ1) is 7.43. The predicted molar refractivity (Wildman–Crippen MR) is 56.8 cm³/mol. The first kappa shape index (κ1) is 8.17. The van der Waals surface area contributed by atoms with Crippen LogP contribution >= 0.6 is 0 Å². The van der Waals surface area contributed by atoms with Gasteiger partial charge in [0.2, 0.25) is 0 Å². The van der Waals surface area contributed by atoms with Crippen molar-refractivity contribution in [3.63, 3.8) is 0 Å². The van der Waals surface area contributed by atoms with Crippen LogP contribution in [0.15, 0.2) is 47.1 Å². The Morgan fingerprint density at radius 2 is 1.93 bits per heavy atom. The molecule has 1 N–H and O–H groups in total. The Hall–Kier alpha value is -2.16. The van der Waals surface area contributed by atoms with E-state index in [2.05, 4.69) is 5.48 Å². The van der Waals surface area contributed by atoms with E-state index < -0.39 is 0 Å². The summed E-state index contributed by atoms with van der Waals surface area (Å²) < 4.78 is 5.28. The number of hydrogen-bond acceptors (Lipinski definition) is 3. The van der Waals surface area contributed by atoms with E-state index in [0.717, 1.165) is 22.8 Å². The lowest BCUT2D eigenvalue weighted by atomic mass is 10.1. The SMILES string of the molecule is C1=C(c2ccco2)NOc2ccccc21. The van der Waals surface area contributed by atoms with E-state index in [1.807, 2.05) is 42.5 Å². The molecule has 3 nitrogen and oxygen atoms in total. The summed E-state index contributed by atoms with van der Waals surface area (Å²) in [5, 5.41) is 0. The minimum Gasteiger partial charge on any atom is -0.463 e. The number of para-hydroxylation sites is 1. The molecule has 2 aromatic rings. The van der Waals surface area contributed by atoms with Crippen LogP contribution in [0.1, 0.15) is 11.3 Å². The van der Waals surface area contributed by atoms with Crippen LogP contribution < -0.4 is 10.3 Å². The third-order valence-corrected chi connectivity index (χ3v) is 2.28. The Morgan fingerprint density at radius 3 is 2.80 bits per heavy atom. The summed E-state index contributed by atoms with van der Waals surface area (Å²) in [6, 6.07) is 11.6. The molecule has 74 valence electrons. The Bertz CT molecular complexity index is 500. The largest absolute Gasteiger partial charge is 0.463 e. The summed E-state index contributed by atoms with van der Waals surface area (Å²) >= 11 is 0. The molecule has 0 saturated heterocycles. The van der Waals surface area contributed by atoms with Crippen molar-refractivity contribution in [3.05, 3.63) is 54.0 Å². The van der Waals surface area contributed by atoms with E-state index in [9.17, 15) is 0 Å². The van der Waals surface area contributed by atoms with Crippen LogP contribution in [0.4, 0.5) is 0 Å². The van der Waals surface area contributed by atoms with Gasteiger partial charge in [0.05, 0.1) is 6.26 Å². The van der Waals surface area contributed by atoms with Gasteiger partial charge in [-0.2, -0.15) is 0 Å². The number of furan rings is 1. The van der Waals surface area contributed by atoms with Gasteiger partial charge in [-0.1, -0.05) is 18.2 Å². The van der Waals surface area contributed by atoms with Crippen molar-refractivity contribution < 1.29 is 9.25 Å². The third kappa shape index (κ3) is 1.38. The quantitative estimate of drug-likeness (QED) is 0.766. The van der Waals surface area contributed by atoms with Crippen LogP contribution in [-0.2, 0) is 0 Å². The molecule has 0 bridgehead atoms. The molecule has 1 aromatic heterocycles. The van der Waals surface area contributed by atoms with Crippen LogP contribution in [0.5, 0.6) is 5.75 Å². The predicted octanol–water partition coefficient (Wildman–Crippen LogP) is 2.67. The molecule has 0 spiro atoms. The molecule has 1 aromatic carbocycles. The van der Waals surface area contributed by atoms with Crippen molar-refractivity contribution in [3.8, 4) is 5.75 Å². The highest BCUT2D eigenvalue weighted by atomic mass is 16.6. The number of benzene rings is 1. The molecule has 15 heavy (non-hydrogen) atoms. The second-order valence-electron chi connectivity index (χ2n) is 3.28. The fourth-order valence-corrected chi connectivity index (χ4v) is 1.54. The second kappa shape index (κ2) is 3.20. The van der Waals surface area contributed by atoms with Crippen LogP contribution in [0.2, 0.25) is 0 Å². The smallest absolute Gasteiger partial charge is 0.162 e. The summed E-state index contributed by atoms with van der Waals surface area (Å²) in [5.41, 5.74) is 4.72. The summed E-state index contributed by atoms with van der Waals surface area (Å²) in [6.07, 6.45) is 3.63. The van der Waals surface area contributed by atoms with Crippen molar-refractivity contribution in [1.82, 2.24) is 5.48 Å². The van der Waals surface area contributed by atoms with Gasteiger partial charge in [-0.25, -0.2) is 5.48 Å². The highest BCUT2D eigenvalue weighted by molar-refractivity contribution is 5.81. The van der Waals surface area contributed by atoms with E-state index >= 15 is 0 Å². The molecule has 1 aliphatic rings. The zero-order valence-corrected chi connectivity index (χ0v) is 7.94. The third-order valence-electron chi connectivity index (χ3n) is 2.28. The monoisotopic (exact) mass is 199 g/mol. The van der Waals surface area contributed by atoms with Crippen molar-refractivity contribution in [1.29, 1.82) is 0 Å². The van der Waals surface area contributed by atoms with Gasteiger partial charge in [-0.15, -0.1) is 0 Å². The zero-order chi connectivity index (χ0) is 10.1. The van der Waals surface area contributed by atoms with Gasteiger partial charge < -0.3 is 9.25 Å². The molecule has 0 amide bonds. The number of nitrogens with one attached hydrogen (secondary N) is 1. The number of hydroxylamine groups is 1. The van der Waals surface area contributed by atoms with Crippen LogP contribution in [0.25, 0.3) is 11.8 Å². The molecule has 0 atom stereocenters. The molecule has 0 radical (unpaired) electrons. The molecule has 3 heteroatoms. The molecule has 2 heterocycles. The second-order valence-corrected chi connectivity index (χ2v) is 3.28. The van der Waals surface area contributed by atoms with Crippen molar-refractivity contribution in [2.75, 3.05) is 0 Å². The van der Waals surface area contributed by atoms with Crippen molar-refractivity contribution >= 4 is 11.8 Å². The molecular weight excluding hydrogens is 190 g/mol. The average molecular weight is 199 g/mol. The van der Waals surface area contributed by atoms with E-state index in [4.69, 9.17) is 9.25 Å². The van der Waals surface area contributed by atoms with Crippen LogP contribution in [0, 0.1) is 0 Å². The molecule has 0 unspecified atom stereocenters. The Labute approximate surface area is 86.9 Å². The number of hydrogen-bond donors (Lipinski definition) is 1. The topological polar surface area (TPSA) is 34.4 Å². The van der Waals surface area contributed by atoms with Gasteiger partial charge >= 0.3 is 0 Å². The van der Waals surface area contributed by atoms with E-state index in [0.29, 0.717) is 0 Å². The molecule has 1 aliphatic heterocycles. The maximum Gasteiger partial charge on any atom is 0.162 e. The fourth-order valence-electron chi connectivity index (χ4n) is 1.54. The molecule has 0 saturated carbocycles.